The Kier molecular flexibility index (Phi) is 5.86. The summed E-state index contributed by atoms with van der Waals surface area (Å²) in [6, 6.07) is 4.13. The fraction of sp³-hybridized carbons (Fsp3) is 0.667. The van der Waals surface area contributed by atoms with E-state index < -0.39 is 11.7 Å². The minimum atomic E-state index is -4.40. The topological polar surface area (TPSA) is 33.7 Å². The predicted molar refractivity (Wildman–Crippen MR) is 88.7 cm³/mol. The second-order valence-electron chi connectivity index (χ2n) is 6.63. The van der Waals surface area contributed by atoms with Crippen LogP contribution in [-0.2, 0) is 10.9 Å². The zero-order valence-corrected chi connectivity index (χ0v) is 14.4. The van der Waals surface area contributed by atoms with Crippen molar-refractivity contribution in [3.63, 3.8) is 0 Å². The first-order valence-electron chi connectivity index (χ1n) is 8.78. The standard InChI is InChI=1S/C18H25F3N2O2/c1-24-14-2-3-15(16(12-14)18(19,20)21)17(13-4-10-25-11-5-13)23-8-6-22-7-9-23/h2-3,12-13,17,22H,4-11H2,1H3/t17-/m0/s1. The van der Waals surface area contributed by atoms with Crippen molar-refractivity contribution < 1.29 is 22.6 Å². The van der Waals surface area contributed by atoms with Gasteiger partial charge in [0.2, 0.25) is 0 Å². The molecule has 2 fully saturated rings. The van der Waals surface area contributed by atoms with Crippen LogP contribution in [0.15, 0.2) is 18.2 Å². The lowest BCUT2D eigenvalue weighted by Crippen LogP contribution is -2.48. The van der Waals surface area contributed by atoms with Gasteiger partial charge in [0.05, 0.1) is 12.7 Å². The number of hydrogen-bond donors (Lipinski definition) is 1. The smallest absolute Gasteiger partial charge is 0.416 e. The Labute approximate surface area is 146 Å². The number of alkyl halides is 3. The van der Waals surface area contributed by atoms with Crippen LogP contribution in [0.4, 0.5) is 13.2 Å². The summed E-state index contributed by atoms with van der Waals surface area (Å²) in [5, 5.41) is 3.28. The van der Waals surface area contributed by atoms with Gasteiger partial charge >= 0.3 is 6.18 Å². The molecule has 1 atom stereocenters. The number of nitrogens with one attached hydrogen (secondary N) is 1. The molecule has 0 radical (unpaired) electrons. The molecule has 0 spiro atoms. The number of piperazine rings is 1. The molecule has 3 rings (SSSR count). The van der Waals surface area contributed by atoms with E-state index in [-0.39, 0.29) is 17.7 Å². The molecule has 25 heavy (non-hydrogen) atoms. The van der Waals surface area contributed by atoms with Crippen LogP contribution >= 0.6 is 0 Å². The van der Waals surface area contributed by atoms with Crippen LogP contribution in [0.1, 0.15) is 30.0 Å². The number of nitrogens with zero attached hydrogens (tertiary/aromatic N) is 1. The van der Waals surface area contributed by atoms with Crippen molar-refractivity contribution in [1.82, 2.24) is 10.2 Å². The molecule has 0 amide bonds. The molecule has 0 bridgehead atoms. The Bertz CT molecular complexity index is 550. The van der Waals surface area contributed by atoms with Crippen LogP contribution in [-0.4, -0.2) is 51.4 Å². The molecule has 1 N–H and O–H groups in total. The normalized spacial score (nSPS) is 21.9. The van der Waals surface area contributed by atoms with Gasteiger partial charge in [0.1, 0.15) is 5.75 Å². The molecule has 0 saturated carbocycles. The van der Waals surface area contributed by atoms with Crippen LogP contribution in [0, 0.1) is 5.92 Å². The van der Waals surface area contributed by atoms with Gasteiger partial charge in [-0.3, -0.25) is 4.90 Å². The van der Waals surface area contributed by atoms with E-state index in [9.17, 15) is 13.2 Å². The molecule has 2 heterocycles. The van der Waals surface area contributed by atoms with E-state index in [1.54, 1.807) is 12.1 Å². The summed E-state index contributed by atoms with van der Waals surface area (Å²) in [6.07, 6.45) is -2.82. The number of halogens is 3. The number of rotatable bonds is 4. The molecule has 1 aromatic rings. The first-order valence-corrected chi connectivity index (χ1v) is 8.78. The quantitative estimate of drug-likeness (QED) is 0.897. The van der Waals surface area contributed by atoms with Crippen molar-refractivity contribution in [3.05, 3.63) is 29.3 Å². The summed E-state index contributed by atoms with van der Waals surface area (Å²) in [5.74, 6) is 0.406. The van der Waals surface area contributed by atoms with E-state index in [1.165, 1.54) is 7.11 Å². The van der Waals surface area contributed by atoms with Gasteiger partial charge in [-0.1, -0.05) is 6.07 Å². The summed E-state index contributed by atoms with van der Waals surface area (Å²) >= 11 is 0. The van der Waals surface area contributed by atoms with Crippen molar-refractivity contribution in [2.45, 2.75) is 25.1 Å². The van der Waals surface area contributed by atoms with E-state index >= 15 is 0 Å². The van der Waals surface area contributed by atoms with E-state index in [4.69, 9.17) is 9.47 Å². The lowest BCUT2D eigenvalue weighted by Gasteiger charge is -2.42. The van der Waals surface area contributed by atoms with Crippen molar-refractivity contribution in [2.24, 2.45) is 5.92 Å². The van der Waals surface area contributed by atoms with Gasteiger partial charge in [0.25, 0.3) is 0 Å². The third kappa shape index (κ3) is 4.27. The SMILES string of the molecule is COc1ccc([C@H](C2CCOCC2)N2CCNCC2)c(C(F)(F)F)c1. The minimum absolute atomic E-state index is 0.168. The number of methoxy groups -OCH3 is 1. The highest BCUT2D eigenvalue weighted by atomic mass is 19.4. The van der Waals surface area contributed by atoms with Gasteiger partial charge in [-0.15, -0.1) is 0 Å². The van der Waals surface area contributed by atoms with Crippen LogP contribution in [0.5, 0.6) is 5.75 Å². The van der Waals surface area contributed by atoms with E-state index in [0.29, 0.717) is 18.8 Å². The Balaban J connectivity index is 2.02. The van der Waals surface area contributed by atoms with Crippen molar-refractivity contribution in [3.8, 4) is 5.75 Å². The fourth-order valence-corrected chi connectivity index (χ4v) is 3.91. The molecule has 4 nitrogen and oxygen atoms in total. The predicted octanol–water partition coefficient (Wildman–Crippen LogP) is 3.09. The highest BCUT2D eigenvalue weighted by molar-refractivity contribution is 5.40. The summed E-state index contributed by atoms with van der Waals surface area (Å²) in [6.45, 7) is 4.35. The highest BCUT2D eigenvalue weighted by Crippen LogP contribution is 2.43. The molecule has 0 aromatic heterocycles. The van der Waals surface area contributed by atoms with Crippen LogP contribution in [0.3, 0.4) is 0 Å². The lowest BCUT2D eigenvalue weighted by molar-refractivity contribution is -0.139. The molecular weight excluding hydrogens is 333 g/mol. The van der Waals surface area contributed by atoms with Crippen LogP contribution < -0.4 is 10.1 Å². The molecule has 0 unspecified atom stereocenters. The Hall–Kier alpha value is -1.31. The van der Waals surface area contributed by atoms with Crippen molar-refractivity contribution in [1.29, 1.82) is 0 Å². The van der Waals surface area contributed by atoms with Crippen molar-refractivity contribution in [2.75, 3.05) is 46.5 Å². The third-order valence-corrected chi connectivity index (χ3v) is 5.14. The monoisotopic (exact) mass is 358 g/mol. The maximum absolute atomic E-state index is 13.7. The average molecular weight is 358 g/mol. The zero-order valence-electron chi connectivity index (χ0n) is 14.4. The van der Waals surface area contributed by atoms with Gasteiger partial charge < -0.3 is 14.8 Å². The summed E-state index contributed by atoms with van der Waals surface area (Å²) < 4.78 is 51.7. The van der Waals surface area contributed by atoms with Gasteiger partial charge in [-0.25, -0.2) is 0 Å². The first kappa shape index (κ1) is 18.5. The van der Waals surface area contributed by atoms with E-state index in [2.05, 4.69) is 10.2 Å². The summed E-state index contributed by atoms with van der Waals surface area (Å²) in [4.78, 5) is 2.20. The number of benzene rings is 1. The maximum atomic E-state index is 13.7. The first-order chi connectivity index (χ1) is 12.0. The largest absolute Gasteiger partial charge is 0.497 e. The minimum Gasteiger partial charge on any atom is -0.497 e. The van der Waals surface area contributed by atoms with Gasteiger partial charge in [-0.05, 0) is 36.5 Å². The zero-order chi connectivity index (χ0) is 17.9. The summed E-state index contributed by atoms with van der Waals surface area (Å²) in [5.41, 5.74) is -0.219. The maximum Gasteiger partial charge on any atom is 0.416 e. The lowest BCUT2D eigenvalue weighted by atomic mass is 9.83. The van der Waals surface area contributed by atoms with E-state index in [1.807, 2.05) is 0 Å². The van der Waals surface area contributed by atoms with E-state index in [0.717, 1.165) is 45.1 Å². The molecule has 2 aliphatic heterocycles. The fourth-order valence-electron chi connectivity index (χ4n) is 3.91. The molecule has 7 heteroatoms. The van der Waals surface area contributed by atoms with Crippen molar-refractivity contribution >= 4 is 0 Å². The molecular formula is C18H25F3N2O2. The Morgan fingerprint density at radius 3 is 2.48 bits per heavy atom. The van der Waals surface area contributed by atoms with Crippen LogP contribution in [0.2, 0.25) is 0 Å². The molecule has 2 saturated heterocycles. The number of ether oxygens (including phenoxy) is 2. The van der Waals surface area contributed by atoms with Gasteiger partial charge in [0.15, 0.2) is 0 Å². The molecule has 0 aliphatic carbocycles. The average Bonchev–Trinajstić information content (AvgIpc) is 2.63. The van der Waals surface area contributed by atoms with Crippen LogP contribution in [0.25, 0.3) is 0 Å². The Morgan fingerprint density at radius 1 is 1.20 bits per heavy atom. The second-order valence-corrected chi connectivity index (χ2v) is 6.63. The summed E-state index contributed by atoms with van der Waals surface area (Å²) in [7, 11) is 1.39. The molecule has 140 valence electrons. The Morgan fingerprint density at radius 2 is 1.88 bits per heavy atom. The number of hydrogen-bond acceptors (Lipinski definition) is 4. The molecule has 2 aliphatic rings. The van der Waals surface area contributed by atoms with Gasteiger partial charge in [-0.2, -0.15) is 13.2 Å². The second kappa shape index (κ2) is 7.93. The highest BCUT2D eigenvalue weighted by Gasteiger charge is 2.40. The molecule has 1 aromatic carbocycles. The van der Waals surface area contributed by atoms with Gasteiger partial charge in [0, 0.05) is 45.4 Å². The third-order valence-electron chi connectivity index (χ3n) is 5.14.